The van der Waals surface area contributed by atoms with Gasteiger partial charge in [0.25, 0.3) is 0 Å². The topological polar surface area (TPSA) is 77.8 Å². The third-order valence-electron chi connectivity index (χ3n) is 0.943. The summed E-state index contributed by atoms with van der Waals surface area (Å²) in [6, 6.07) is 0. The van der Waals surface area contributed by atoms with Gasteiger partial charge >= 0.3 is 61.7 Å². The molecule has 0 aromatic heterocycles. The number of rotatable bonds is 2. The Balaban J connectivity index is 0. The second kappa shape index (κ2) is 7.17. The van der Waals surface area contributed by atoms with Crippen molar-refractivity contribution in [3.8, 4) is 0 Å². The zero-order chi connectivity index (χ0) is 10.4. The van der Waals surface area contributed by atoms with Gasteiger partial charge in [-0.2, -0.15) is 0 Å². The van der Waals surface area contributed by atoms with Crippen LogP contribution in [0.1, 0.15) is 27.7 Å². The number of phosphoric acid groups is 1. The van der Waals surface area contributed by atoms with Crippen molar-refractivity contribution < 1.29 is 36.4 Å². The van der Waals surface area contributed by atoms with Crippen molar-refractivity contribution in [2.45, 2.75) is 36.7 Å². The molecule has 0 aromatic carbocycles. The summed E-state index contributed by atoms with van der Waals surface area (Å²) in [6.45, 7) is 9.39. The molecule has 0 radical (unpaired) electrons. The quantitative estimate of drug-likeness (QED) is 0.515. The van der Waals surface area contributed by atoms with Gasteiger partial charge in [0.05, 0.1) is 0 Å². The second-order valence-corrected chi connectivity index (χ2v) is 12.4. The summed E-state index contributed by atoms with van der Waals surface area (Å²) < 4.78 is 11.0. The van der Waals surface area contributed by atoms with E-state index in [4.69, 9.17) is 19.2 Å². The normalized spacial score (nSPS) is 10.8. The summed E-state index contributed by atoms with van der Waals surface area (Å²) in [5.74, 6) is 0. The van der Waals surface area contributed by atoms with Gasteiger partial charge in [0.15, 0.2) is 0 Å². The van der Waals surface area contributed by atoms with E-state index in [-0.39, 0.29) is 17.1 Å². The molecule has 6 heteroatoms. The van der Waals surface area contributed by atoms with Crippen LogP contribution in [0, 0.1) is 0 Å². The van der Waals surface area contributed by atoms with Crippen LogP contribution in [-0.2, 0) is 21.7 Å². The molecule has 0 unspecified atom stereocenters. The fourth-order valence-electron chi connectivity index (χ4n) is 0.943. The van der Waals surface area contributed by atoms with Crippen molar-refractivity contribution in [3.63, 3.8) is 0 Å². The first kappa shape index (κ1) is 15.2. The van der Waals surface area contributed by atoms with E-state index >= 15 is 0 Å². The maximum absolute atomic E-state index is 8.88. The summed E-state index contributed by atoms with van der Waals surface area (Å²) in [5, 5.41) is 0. The SMILES string of the molecule is C[CH](C)[Zn][CH](C)C.O=P(O)(O)O. The van der Waals surface area contributed by atoms with Crippen LogP contribution in [0.5, 0.6) is 0 Å². The van der Waals surface area contributed by atoms with Gasteiger partial charge in [-0.3, -0.25) is 0 Å². The Hall–Kier alpha value is 0.733. The average molecular weight is 250 g/mol. The van der Waals surface area contributed by atoms with Crippen LogP contribution < -0.4 is 0 Å². The van der Waals surface area contributed by atoms with Crippen molar-refractivity contribution in [2.75, 3.05) is 0 Å². The first-order chi connectivity index (χ1) is 5.13. The Morgan fingerprint density at radius 3 is 1.17 bits per heavy atom. The van der Waals surface area contributed by atoms with Crippen LogP contribution in [0.15, 0.2) is 0 Å². The van der Waals surface area contributed by atoms with E-state index in [2.05, 4.69) is 27.7 Å². The van der Waals surface area contributed by atoms with Crippen molar-refractivity contribution >= 4 is 7.82 Å². The molecule has 0 rings (SSSR count). The fourth-order valence-corrected chi connectivity index (χ4v) is 4.90. The Kier molecular flexibility index (Phi) is 9.09. The monoisotopic (exact) mass is 248 g/mol. The molecule has 0 bridgehead atoms. The molecule has 0 aliphatic rings. The van der Waals surface area contributed by atoms with Gasteiger partial charge in [0.2, 0.25) is 0 Å². The van der Waals surface area contributed by atoms with Crippen LogP contribution in [0.4, 0.5) is 0 Å². The largest absolute Gasteiger partial charge is 0.466 e. The fraction of sp³-hybridized carbons (Fsp3) is 1.00. The molecule has 0 heterocycles. The summed E-state index contributed by atoms with van der Waals surface area (Å²) >= 11 is -0.0972. The van der Waals surface area contributed by atoms with Crippen LogP contribution in [-0.4, -0.2) is 14.7 Å². The first-order valence-electron chi connectivity index (χ1n) is 3.91. The second-order valence-electron chi connectivity index (χ2n) is 3.54. The van der Waals surface area contributed by atoms with Crippen LogP contribution >= 0.6 is 7.82 Å². The van der Waals surface area contributed by atoms with E-state index in [1.807, 2.05) is 0 Å². The minimum Gasteiger partial charge on any atom is -0.303 e. The number of hydrogen-bond acceptors (Lipinski definition) is 1. The first-order valence-corrected chi connectivity index (χ1v) is 8.90. The maximum Gasteiger partial charge on any atom is 0.466 e. The maximum atomic E-state index is 8.88. The van der Waals surface area contributed by atoms with E-state index in [0.717, 1.165) is 9.02 Å². The van der Waals surface area contributed by atoms with Gasteiger partial charge in [0, 0.05) is 0 Å². The molecule has 3 N–H and O–H groups in total. The van der Waals surface area contributed by atoms with Gasteiger partial charge in [-0.25, -0.2) is 4.57 Å². The molecule has 0 amide bonds. The molecule has 0 atom stereocenters. The van der Waals surface area contributed by atoms with Crippen molar-refractivity contribution in [2.24, 2.45) is 0 Å². The zero-order valence-corrected chi connectivity index (χ0v) is 11.9. The summed E-state index contributed by atoms with van der Waals surface area (Å²) in [7, 11) is -4.64. The molecular formula is C6H17O4PZn. The Morgan fingerprint density at radius 1 is 1.00 bits per heavy atom. The van der Waals surface area contributed by atoms with Gasteiger partial charge in [-0.05, 0) is 0 Å². The Morgan fingerprint density at radius 2 is 1.17 bits per heavy atom. The van der Waals surface area contributed by atoms with E-state index in [0.29, 0.717) is 0 Å². The van der Waals surface area contributed by atoms with E-state index in [1.54, 1.807) is 0 Å². The molecule has 0 spiro atoms. The molecule has 72 valence electrons. The molecule has 12 heavy (non-hydrogen) atoms. The van der Waals surface area contributed by atoms with Crippen molar-refractivity contribution in [1.29, 1.82) is 0 Å². The third kappa shape index (κ3) is 45.4. The predicted molar refractivity (Wildman–Crippen MR) is 44.5 cm³/mol. The van der Waals surface area contributed by atoms with Gasteiger partial charge in [-0.1, -0.05) is 0 Å². The molecule has 0 fully saturated rings. The molecular weight excluding hydrogens is 232 g/mol. The predicted octanol–water partition coefficient (Wildman–Crippen LogP) is 1.80. The number of hydrogen-bond donors (Lipinski definition) is 3. The van der Waals surface area contributed by atoms with Crippen LogP contribution in [0.3, 0.4) is 0 Å². The minimum atomic E-state index is -4.64. The van der Waals surface area contributed by atoms with Gasteiger partial charge < -0.3 is 14.7 Å². The summed E-state index contributed by atoms with van der Waals surface area (Å²) in [6.07, 6.45) is 0. The Labute approximate surface area is 81.2 Å². The molecule has 0 saturated heterocycles. The van der Waals surface area contributed by atoms with Gasteiger partial charge in [0.1, 0.15) is 0 Å². The standard InChI is InChI=1S/2C3H7.H3O4P.Zn/c2*1-3-2;1-5(2,3)4;/h2*3H,1-2H3;(H3,1,2,3,4);. The molecule has 0 aliphatic heterocycles. The van der Waals surface area contributed by atoms with Crippen molar-refractivity contribution in [3.05, 3.63) is 0 Å². The van der Waals surface area contributed by atoms with Crippen LogP contribution in [0.2, 0.25) is 9.02 Å². The summed E-state index contributed by atoms with van der Waals surface area (Å²) in [4.78, 5) is 21.6. The molecule has 4 nitrogen and oxygen atoms in total. The smallest absolute Gasteiger partial charge is 0.303 e. The third-order valence-corrected chi connectivity index (χ3v) is 4.90. The van der Waals surface area contributed by atoms with Gasteiger partial charge in [-0.15, -0.1) is 0 Å². The van der Waals surface area contributed by atoms with Crippen molar-refractivity contribution in [1.82, 2.24) is 0 Å². The minimum absolute atomic E-state index is 0.0972. The summed E-state index contributed by atoms with van der Waals surface area (Å²) in [5.41, 5.74) is 0. The average Bonchev–Trinajstić information content (AvgIpc) is 1.52. The van der Waals surface area contributed by atoms with E-state index < -0.39 is 7.82 Å². The molecule has 0 aromatic rings. The van der Waals surface area contributed by atoms with Crippen LogP contribution in [0.25, 0.3) is 0 Å². The van der Waals surface area contributed by atoms with E-state index in [9.17, 15) is 0 Å². The Bertz CT molecular complexity index is 128. The zero-order valence-electron chi connectivity index (χ0n) is 8.06. The van der Waals surface area contributed by atoms with E-state index in [1.165, 1.54) is 0 Å². The molecule has 0 aliphatic carbocycles. The molecule has 0 saturated carbocycles.